The van der Waals surface area contributed by atoms with Gasteiger partial charge in [0.25, 0.3) is 29.5 Å². The number of esters is 1. The Balaban J connectivity index is 0.000000115. The summed E-state index contributed by atoms with van der Waals surface area (Å²) in [7, 11) is -12.8. The van der Waals surface area contributed by atoms with E-state index in [1.54, 1.807) is 78.3 Å². The zero-order valence-electron chi connectivity index (χ0n) is 78.1. The summed E-state index contributed by atoms with van der Waals surface area (Å²) in [5, 5.41) is 15.9. The number of aryl methyl sites for hydroxylation is 6. The van der Waals surface area contributed by atoms with Gasteiger partial charge in [0, 0.05) is 60.3 Å². The number of urea groups is 5. The third-order valence-electron chi connectivity index (χ3n) is 26.3. The monoisotopic (exact) mass is 2260 g/mol. The van der Waals surface area contributed by atoms with E-state index in [1.807, 2.05) is 38.1 Å². The van der Waals surface area contributed by atoms with Gasteiger partial charge in [-0.2, -0.15) is 0 Å². The second-order valence-electron chi connectivity index (χ2n) is 35.6. The third-order valence-corrected chi connectivity index (χ3v) is 38.1. The van der Waals surface area contributed by atoms with Crippen LogP contribution in [0, 0.1) is 0 Å². The van der Waals surface area contributed by atoms with Crippen LogP contribution < -0.4 is 64.4 Å². The summed E-state index contributed by atoms with van der Waals surface area (Å²) in [6.07, 6.45) is 20.5. The molecule has 0 spiro atoms. The molecule has 12 aliphatic rings. The van der Waals surface area contributed by atoms with E-state index in [1.165, 1.54) is 118 Å². The number of hydrogen-bond donors (Lipinski definition) is 10. The van der Waals surface area contributed by atoms with Crippen molar-refractivity contribution in [2.75, 3.05) is 54.5 Å². The van der Waals surface area contributed by atoms with E-state index in [0.29, 0.717) is 65.6 Å². The lowest BCUT2D eigenvalue weighted by molar-refractivity contribution is 0.0599. The summed E-state index contributed by atoms with van der Waals surface area (Å²) in [5.74, 6) is -2.15. The van der Waals surface area contributed by atoms with Gasteiger partial charge < -0.3 is 45.5 Å². The number of fused-ring (bicyclic) bond motifs is 12. The number of hydrogen-bond acceptors (Lipinski definition) is 22. The number of pyridine rings is 1. The molecule has 0 radical (unpaired) electrons. The second kappa shape index (κ2) is 40.5. The molecule has 36 nitrogen and oxygen atoms in total. The predicted molar refractivity (Wildman–Crippen MR) is 555 cm³/mol. The Morgan fingerprint density at radius 2 is 0.800 bits per heavy atom. The standard InChI is InChI=1S/C25H24N4O6S.C21H21N3O4S.2C20H18BrN3O3S.C14H10BrN3O4S2/c1-14(2)17-6-5-7-18(15-10-11-26-21(13-15)34-3)22(17)27-25(32)29-36(33)20-12-16(24(31)35-4)8-9-19(20)23(30)28-36;1-28-14-8-9-18-17(11-14)20(25)23-29(18,27)24-21(26)22-19-15-6-2-4-12(15)10-13-5-3-7-16(13)19;21-13-7-8-17-16(10-13)19(25)23-28(17,27)24-20(26)22-18-14-5-1-3-11(14)9-12-4-2-6-15(12)18;21-13-7-8-16-17(10-13)28(27,23-19(16)25)24-20(26)22-18-14-5-1-3-11(14)9-12-4-2-6-15(12)18;15-8-1-2-9-7(3-5-22-9)11(8)16-14(20)18-24(21)10-4-6-23-12(10)13(19)17-24/h5-14H,1-4H3,(H2,27,28,29,30,32,33);8-11H,2-7H2,1H3,(H2,22,23,24,25,26,27);2*7-10H,1-6H2,(H2,22,23,24,25,26,27);1-2,4,6H,3,5H2,(H2,16,17,18,19,20,21). The van der Waals surface area contributed by atoms with Crippen LogP contribution in [0.4, 0.5) is 52.4 Å². The summed E-state index contributed by atoms with van der Waals surface area (Å²) in [5.41, 5.74) is 22.5. The minimum atomic E-state index is -3.69. The number of methoxy groups -OCH3 is 3. The molecule has 45 heteroatoms. The van der Waals surface area contributed by atoms with Gasteiger partial charge in [0.05, 0.1) is 91.6 Å². The number of aromatic nitrogens is 1. The zero-order chi connectivity index (χ0) is 102. The highest BCUT2D eigenvalue weighted by Gasteiger charge is 2.40. The van der Waals surface area contributed by atoms with E-state index in [9.17, 15) is 73.8 Å². The first-order chi connectivity index (χ1) is 69.5. The molecule has 23 rings (SSSR count). The minimum absolute atomic E-state index is 0.0404. The minimum Gasteiger partial charge on any atom is -0.497 e. The van der Waals surface area contributed by atoms with Crippen molar-refractivity contribution in [2.45, 2.75) is 166 Å². The summed E-state index contributed by atoms with van der Waals surface area (Å²) in [4.78, 5) is 142. The Labute approximate surface area is 863 Å². The summed E-state index contributed by atoms with van der Waals surface area (Å²) < 4.78 is 119. The lowest BCUT2D eigenvalue weighted by atomic mass is 9.94. The molecule has 0 fully saturated rings. The molecule has 11 aromatic rings. The number of nitrogens with zero attached hydrogens (tertiary/aromatic N) is 6. The fourth-order valence-electron chi connectivity index (χ4n) is 19.9. The smallest absolute Gasteiger partial charge is 0.337 e. The quantitative estimate of drug-likeness (QED) is 0.0426. The molecule has 6 aliphatic heterocycles. The van der Waals surface area contributed by atoms with E-state index in [4.69, 9.17) is 18.9 Å². The Hall–Kier alpha value is -13.4. The van der Waals surface area contributed by atoms with Crippen molar-refractivity contribution < 1.29 is 92.7 Å². The van der Waals surface area contributed by atoms with E-state index in [0.717, 1.165) is 161 Å². The van der Waals surface area contributed by atoms with Crippen molar-refractivity contribution in [1.82, 2.24) is 28.6 Å². The molecule has 2 aromatic heterocycles. The maximum absolute atomic E-state index is 13.6. The number of nitrogens with one attached hydrogen (secondary N) is 10. The van der Waals surface area contributed by atoms with Crippen LogP contribution in [0.25, 0.3) is 11.1 Å². The zero-order valence-corrected chi connectivity index (χ0v) is 87.7. The number of amides is 15. The molecular weight excluding hydrogens is 2180 g/mol. The number of thiophene rings is 1. The van der Waals surface area contributed by atoms with E-state index in [2.05, 4.69) is 143 Å². The summed E-state index contributed by atoms with van der Waals surface area (Å²) in [6, 6.07) is 36.0. The van der Waals surface area contributed by atoms with Crippen LogP contribution in [0.5, 0.6) is 17.4 Å². The normalized spacial score (nSPS) is 20.1. The van der Waals surface area contributed by atoms with Gasteiger partial charge in [0.1, 0.15) is 16.4 Å². The second-order valence-corrected chi connectivity index (χ2v) is 48.6. The maximum atomic E-state index is 13.6. The highest BCUT2D eigenvalue weighted by atomic mass is 79.9. The van der Waals surface area contributed by atoms with Crippen LogP contribution >= 0.6 is 59.1 Å². The molecule has 6 aliphatic carbocycles. The Morgan fingerprint density at radius 1 is 0.379 bits per heavy atom. The number of ether oxygens (including phenoxy) is 4. The van der Waals surface area contributed by atoms with Gasteiger partial charge in [-0.3, -0.25) is 24.0 Å². The molecule has 748 valence electrons. The highest BCUT2D eigenvalue weighted by molar-refractivity contribution is 9.11. The van der Waals surface area contributed by atoms with Crippen molar-refractivity contribution in [1.29, 1.82) is 0 Å². The topological polar surface area (TPSA) is 505 Å². The molecule has 8 heterocycles. The molecule has 9 aromatic carbocycles. The molecule has 5 unspecified atom stereocenters. The Morgan fingerprint density at radius 3 is 1.28 bits per heavy atom. The van der Waals surface area contributed by atoms with Crippen LogP contribution in [-0.2, 0) is 138 Å². The first-order valence-electron chi connectivity index (χ1n) is 46.2. The molecule has 0 bridgehead atoms. The number of halogens is 3. The first kappa shape index (κ1) is 100. The Kier molecular flexibility index (Phi) is 28.0. The average molecular weight is 2270 g/mol. The maximum Gasteiger partial charge on any atom is 0.337 e. The molecule has 145 heavy (non-hydrogen) atoms. The largest absolute Gasteiger partial charge is 0.497 e. The van der Waals surface area contributed by atoms with Crippen molar-refractivity contribution in [2.24, 2.45) is 21.8 Å². The van der Waals surface area contributed by atoms with Crippen molar-refractivity contribution in [3.05, 3.63) is 275 Å². The van der Waals surface area contributed by atoms with Gasteiger partial charge in [0.2, 0.25) is 5.88 Å². The fraction of sp³-hybridized carbons (Fsp3) is 0.260. The van der Waals surface area contributed by atoms with Gasteiger partial charge in [-0.15, -0.1) is 33.2 Å². The number of anilines is 5. The van der Waals surface area contributed by atoms with Crippen LogP contribution in [0.3, 0.4) is 0 Å². The van der Waals surface area contributed by atoms with E-state index in [-0.39, 0.29) is 58.2 Å². The molecule has 0 saturated carbocycles. The number of para-hydroxylation sites is 1. The van der Waals surface area contributed by atoms with Crippen LogP contribution in [0.15, 0.2) is 211 Å². The summed E-state index contributed by atoms with van der Waals surface area (Å²) >= 11 is 11.2. The van der Waals surface area contributed by atoms with E-state index < -0.39 is 115 Å². The van der Waals surface area contributed by atoms with E-state index >= 15 is 0 Å². The molecule has 5 atom stereocenters. The van der Waals surface area contributed by atoms with Gasteiger partial charge in [-0.1, -0.05) is 82.1 Å². The number of rotatable bonds is 15. The number of benzene rings is 9. The Bertz CT molecular complexity index is 8170. The molecular formula is C100H91Br3N16O20S6. The van der Waals surface area contributed by atoms with Gasteiger partial charge in [-0.05, 0) is 318 Å². The molecule has 15 amide bonds. The molecule has 10 N–H and O–H groups in total. The first-order valence-corrected chi connectivity index (χ1v) is 57.0. The van der Waals surface area contributed by atoms with Crippen LogP contribution in [-0.4, -0.2) is 120 Å². The van der Waals surface area contributed by atoms with Crippen molar-refractivity contribution in [3.8, 4) is 28.5 Å². The highest BCUT2D eigenvalue weighted by Crippen LogP contribution is 2.46. The fourth-order valence-corrected chi connectivity index (χ4v) is 30.4. The number of carbonyl (C=O) groups excluding carboxylic acids is 11. The van der Waals surface area contributed by atoms with Gasteiger partial charge in [-0.25, -0.2) is 78.4 Å². The third kappa shape index (κ3) is 19.9. The van der Waals surface area contributed by atoms with Crippen molar-refractivity contribution in [3.63, 3.8) is 0 Å². The lowest BCUT2D eigenvalue weighted by Crippen LogP contribution is -2.34. The number of carbonyl (C=O) groups is 11. The molecule has 0 saturated heterocycles. The van der Waals surface area contributed by atoms with Crippen molar-refractivity contribution >= 4 is 203 Å². The predicted octanol–water partition coefficient (Wildman–Crippen LogP) is 19.2. The lowest BCUT2D eigenvalue weighted by Gasteiger charge is -2.19. The van der Waals surface area contributed by atoms with Crippen LogP contribution in [0.1, 0.15) is 198 Å². The van der Waals surface area contributed by atoms with Gasteiger partial charge >= 0.3 is 36.1 Å². The van der Waals surface area contributed by atoms with Gasteiger partial charge in [0.15, 0.2) is 49.6 Å². The van der Waals surface area contributed by atoms with Crippen LogP contribution in [0.2, 0.25) is 0 Å². The average Bonchev–Trinajstić information content (AvgIpc) is 1.62. The summed E-state index contributed by atoms with van der Waals surface area (Å²) in [6.45, 7) is 4.50. The SMILES string of the molecule is COC(=O)c1ccc2c(c1)S(=O)(NC(=O)Nc1c(-c3ccnc(OC)c3)cccc1C(C)C)=NC2=O.COc1ccc2c(c1)C(=O)N=S2(=O)NC(=O)Nc1c2c(cc3c1CCC3)CCC2.O=C(Nc1c(Br)ccc2c1CCO2)NS1(=O)=NC(=O)c2sccc21.O=C(Nc1c2c(cc3c1CCC3)CCC2)NS1(=O)=NC(=O)c2cc(Br)ccc21.O=C(Nc1c2c(cc3c1CCC3)CCC2)NS1(=O)=NC(=O)c2ccc(Br)cc21.